The lowest BCUT2D eigenvalue weighted by atomic mass is 9.93. The van der Waals surface area contributed by atoms with Crippen molar-refractivity contribution in [1.82, 2.24) is 24.4 Å². The van der Waals surface area contributed by atoms with Gasteiger partial charge >= 0.3 is 0 Å². The van der Waals surface area contributed by atoms with Gasteiger partial charge in [-0.15, -0.1) is 0 Å². The van der Waals surface area contributed by atoms with Crippen molar-refractivity contribution in [2.45, 2.75) is 64.8 Å². The maximum atomic E-state index is 13.0. The van der Waals surface area contributed by atoms with E-state index in [9.17, 15) is 14.4 Å². The molecular weight excluding hydrogens is 370 g/mol. The van der Waals surface area contributed by atoms with E-state index in [0.29, 0.717) is 43.6 Å². The highest BCUT2D eigenvalue weighted by atomic mass is 16.2. The Morgan fingerprint density at radius 1 is 1.14 bits per heavy atom. The first-order chi connectivity index (χ1) is 14.0. The van der Waals surface area contributed by atoms with Gasteiger partial charge in [-0.2, -0.15) is 0 Å². The molecule has 0 radical (unpaired) electrons. The molecule has 156 valence electrons. The van der Waals surface area contributed by atoms with Crippen LogP contribution in [0.25, 0.3) is 5.65 Å². The molecule has 0 atom stereocenters. The molecule has 0 aromatic carbocycles. The zero-order chi connectivity index (χ0) is 20.5. The molecule has 0 spiro atoms. The van der Waals surface area contributed by atoms with E-state index >= 15 is 0 Å². The van der Waals surface area contributed by atoms with Gasteiger partial charge < -0.3 is 9.80 Å². The highest BCUT2D eigenvalue weighted by Gasteiger charge is 2.27. The van der Waals surface area contributed by atoms with Crippen molar-refractivity contribution >= 4 is 17.5 Å². The maximum absolute atomic E-state index is 13.0. The predicted octanol–water partition coefficient (Wildman–Crippen LogP) is 1.82. The number of rotatable bonds is 4. The van der Waals surface area contributed by atoms with Crippen molar-refractivity contribution in [3.8, 4) is 0 Å². The van der Waals surface area contributed by atoms with Gasteiger partial charge in [-0.05, 0) is 19.3 Å². The number of aromatic amines is 1. The van der Waals surface area contributed by atoms with E-state index in [1.54, 1.807) is 4.90 Å². The molecule has 2 aromatic rings. The van der Waals surface area contributed by atoms with E-state index in [1.165, 1.54) is 4.52 Å². The van der Waals surface area contributed by atoms with Crippen molar-refractivity contribution in [2.75, 3.05) is 19.6 Å². The van der Waals surface area contributed by atoms with Crippen molar-refractivity contribution in [3.05, 3.63) is 33.4 Å². The van der Waals surface area contributed by atoms with Crippen molar-refractivity contribution in [2.24, 2.45) is 0 Å². The molecule has 2 aliphatic rings. The van der Waals surface area contributed by atoms with Gasteiger partial charge in [-0.3, -0.25) is 19.5 Å². The molecule has 8 nitrogen and oxygen atoms in total. The second kappa shape index (κ2) is 8.00. The fraction of sp³-hybridized carbons (Fsp3) is 0.619. The molecule has 1 fully saturated rings. The first-order valence-electron chi connectivity index (χ1n) is 10.7. The summed E-state index contributed by atoms with van der Waals surface area (Å²) < 4.78 is 1.52. The third kappa shape index (κ3) is 3.68. The van der Waals surface area contributed by atoms with E-state index in [1.807, 2.05) is 24.8 Å². The average Bonchev–Trinajstić information content (AvgIpc) is 3.18. The minimum absolute atomic E-state index is 0.0664. The average molecular weight is 399 g/mol. The van der Waals surface area contributed by atoms with Crippen LogP contribution in [0.5, 0.6) is 0 Å². The largest absolute Gasteiger partial charge is 0.343 e. The van der Waals surface area contributed by atoms with E-state index < -0.39 is 0 Å². The van der Waals surface area contributed by atoms with Gasteiger partial charge in [0.15, 0.2) is 5.65 Å². The van der Waals surface area contributed by atoms with Gasteiger partial charge in [-0.25, -0.2) is 9.50 Å². The number of piperidine rings is 1. The van der Waals surface area contributed by atoms with Crippen molar-refractivity contribution in [1.29, 1.82) is 0 Å². The van der Waals surface area contributed by atoms with E-state index in [4.69, 9.17) is 4.98 Å². The summed E-state index contributed by atoms with van der Waals surface area (Å²) in [5.74, 6) is 0.591. The molecule has 0 aliphatic carbocycles. The summed E-state index contributed by atoms with van der Waals surface area (Å²) >= 11 is 0. The van der Waals surface area contributed by atoms with Gasteiger partial charge in [-0.1, -0.05) is 13.8 Å². The Morgan fingerprint density at radius 2 is 1.90 bits per heavy atom. The lowest BCUT2D eigenvalue weighted by Crippen LogP contribution is -2.40. The Labute approximate surface area is 169 Å². The number of carbonyl (C=O) groups excluding carboxylic acids is 2. The Kier molecular flexibility index (Phi) is 5.43. The first kappa shape index (κ1) is 19.7. The van der Waals surface area contributed by atoms with E-state index in [-0.39, 0.29) is 23.3 Å². The number of hydrogen-bond donors (Lipinski definition) is 1. The highest BCUT2D eigenvalue weighted by Crippen LogP contribution is 2.28. The highest BCUT2D eigenvalue weighted by molar-refractivity contribution is 5.76. The fourth-order valence-corrected chi connectivity index (χ4v) is 4.46. The van der Waals surface area contributed by atoms with Crippen LogP contribution in [0.3, 0.4) is 0 Å². The van der Waals surface area contributed by atoms with Gasteiger partial charge in [0, 0.05) is 56.6 Å². The number of nitrogens with one attached hydrogen (secondary N) is 1. The summed E-state index contributed by atoms with van der Waals surface area (Å²) in [6.07, 6.45) is 4.32. The van der Waals surface area contributed by atoms with Crippen molar-refractivity contribution < 1.29 is 9.59 Å². The predicted molar refractivity (Wildman–Crippen MR) is 109 cm³/mol. The molecule has 2 aliphatic heterocycles. The number of H-pyrrole nitrogens is 1. The Morgan fingerprint density at radius 3 is 2.59 bits per heavy atom. The molecule has 29 heavy (non-hydrogen) atoms. The maximum Gasteiger partial charge on any atom is 0.277 e. The molecule has 4 rings (SSSR count). The van der Waals surface area contributed by atoms with Crippen molar-refractivity contribution in [3.63, 3.8) is 0 Å². The number of aromatic nitrogens is 3. The van der Waals surface area contributed by atoms with Crippen LogP contribution < -0.4 is 5.56 Å². The van der Waals surface area contributed by atoms with E-state index in [0.717, 1.165) is 43.7 Å². The van der Waals surface area contributed by atoms with Crippen LogP contribution in [0.1, 0.15) is 68.8 Å². The zero-order valence-electron chi connectivity index (χ0n) is 17.2. The monoisotopic (exact) mass is 399 g/mol. The van der Waals surface area contributed by atoms with Crippen LogP contribution in [0, 0.1) is 0 Å². The van der Waals surface area contributed by atoms with Crippen LogP contribution >= 0.6 is 0 Å². The number of amides is 2. The standard InChI is InChI=1S/C21H29N5O3/c1-3-5-20(28)24-9-6-14(7-10-24)17-12-18-22-16-8-11-25(19(27)4-2)13-15(16)21(29)26(18)23-17/h12,14,23H,3-11,13H2,1-2H3. The second-order valence-electron chi connectivity index (χ2n) is 8.07. The van der Waals surface area contributed by atoms with Gasteiger partial charge in [0.05, 0.1) is 17.8 Å². The molecule has 2 amide bonds. The second-order valence-corrected chi connectivity index (χ2v) is 8.07. The summed E-state index contributed by atoms with van der Waals surface area (Å²) in [5, 5.41) is 3.25. The fourth-order valence-electron chi connectivity index (χ4n) is 4.46. The van der Waals surface area contributed by atoms with Crippen LogP contribution in [0.2, 0.25) is 0 Å². The van der Waals surface area contributed by atoms with Crippen LogP contribution in [0.4, 0.5) is 0 Å². The smallest absolute Gasteiger partial charge is 0.277 e. The molecule has 2 aromatic heterocycles. The van der Waals surface area contributed by atoms with Gasteiger partial charge in [0.25, 0.3) is 5.56 Å². The summed E-state index contributed by atoms with van der Waals surface area (Å²) in [6.45, 7) is 6.33. The summed E-state index contributed by atoms with van der Waals surface area (Å²) in [6, 6.07) is 1.97. The summed E-state index contributed by atoms with van der Waals surface area (Å²) in [7, 11) is 0. The molecule has 4 heterocycles. The molecule has 0 bridgehead atoms. The lowest BCUT2D eigenvalue weighted by Gasteiger charge is -2.31. The third-order valence-electron chi connectivity index (χ3n) is 6.19. The summed E-state index contributed by atoms with van der Waals surface area (Å²) in [5.41, 5.74) is 2.95. The first-order valence-corrected chi connectivity index (χ1v) is 10.7. The lowest BCUT2D eigenvalue weighted by molar-refractivity contribution is -0.132. The normalized spacial score (nSPS) is 17.6. The Hall–Kier alpha value is -2.64. The van der Waals surface area contributed by atoms with Crippen LogP contribution in [-0.4, -0.2) is 55.8 Å². The Balaban J connectivity index is 1.55. The zero-order valence-corrected chi connectivity index (χ0v) is 17.2. The molecule has 1 N–H and O–H groups in total. The number of nitrogens with zero attached hydrogens (tertiary/aromatic N) is 4. The number of fused-ring (bicyclic) bond motifs is 2. The SMILES string of the molecule is CCCC(=O)N1CCC(c2cc3nc4c(c(=O)n3[nH]2)CN(C(=O)CC)CC4)CC1. The third-order valence-corrected chi connectivity index (χ3v) is 6.19. The van der Waals surface area contributed by atoms with Gasteiger partial charge in [0.1, 0.15) is 0 Å². The summed E-state index contributed by atoms with van der Waals surface area (Å²) in [4.78, 5) is 45.6. The molecule has 1 saturated heterocycles. The minimum Gasteiger partial charge on any atom is -0.343 e. The van der Waals surface area contributed by atoms with E-state index in [2.05, 4.69) is 5.10 Å². The molecule has 0 unspecified atom stereocenters. The Bertz CT molecular complexity index is 984. The minimum atomic E-state index is -0.111. The molecule has 8 heteroatoms. The van der Waals surface area contributed by atoms with Crippen LogP contribution in [0.15, 0.2) is 10.9 Å². The van der Waals surface area contributed by atoms with Gasteiger partial charge in [0.2, 0.25) is 11.8 Å². The number of likely N-dealkylation sites (tertiary alicyclic amines) is 1. The number of carbonyl (C=O) groups is 2. The molecular formula is C21H29N5O3. The quantitative estimate of drug-likeness (QED) is 0.849. The topological polar surface area (TPSA) is 90.8 Å². The molecule has 0 saturated carbocycles. The number of hydrogen-bond acceptors (Lipinski definition) is 4. The van der Waals surface area contributed by atoms with Crippen LogP contribution in [-0.2, 0) is 22.6 Å².